The highest BCUT2D eigenvalue weighted by Gasteiger charge is 2.12. The summed E-state index contributed by atoms with van der Waals surface area (Å²) in [5.74, 6) is 0.351. The maximum Gasteiger partial charge on any atom is 0.259 e. The Morgan fingerprint density at radius 2 is 1.54 bits per heavy atom. The first kappa shape index (κ1) is 19.5. The first-order chi connectivity index (χ1) is 12.6. The predicted molar refractivity (Wildman–Crippen MR) is 105 cm³/mol. The third-order valence-electron chi connectivity index (χ3n) is 3.79. The highest BCUT2D eigenvalue weighted by Crippen LogP contribution is 2.21. The Kier molecular flexibility index (Phi) is 7.68. The summed E-state index contributed by atoms with van der Waals surface area (Å²) in [7, 11) is 0. The van der Waals surface area contributed by atoms with E-state index in [1.54, 1.807) is 36.4 Å². The number of anilines is 2. The van der Waals surface area contributed by atoms with Crippen LogP contribution >= 0.6 is 0 Å². The summed E-state index contributed by atoms with van der Waals surface area (Å²) >= 11 is 0. The third kappa shape index (κ3) is 5.92. The number of ether oxygens (including phenoxy) is 1. The number of hydrogen-bond donors (Lipinski definition) is 2. The van der Waals surface area contributed by atoms with Gasteiger partial charge in [0.05, 0.1) is 12.2 Å². The van der Waals surface area contributed by atoms with E-state index >= 15 is 0 Å². The van der Waals surface area contributed by atoms with E-state index in [-0.39, 0.29) is 11.8 Å². The zero-order chi connectivity index (χ0) is 18.8. The Balaban J connectivity index is 2.00. The second kappa shape index (κ2) is 10.2. The minimum absolute atomic E-state index is 0.0116. The lowest BCUT2D eigenvalue weighted by molar-refractivity contribution is -0.116. The first-order valence-corrected chi connectivity index (χ1v) is 9.07. The van der Waals surface area contributed by atoms with Crippen molar-refractivity contribution < 1.29 is 14.3 Å². The van der Waals surface area contributed by atoms with Gasteiger partial charge in [0.1, 0.15) is 5.75 Å². The van der Waals surface area contributed by atoms with Gasteiger partial charge in [0.25, 0.3) is 5.91 Å². The number of amides is 2. The predicted octanol–water partition coefficient (Wildman–Crippen LogP) is 4.86. The van der Waals surface area contributed by atoms with Gasteiger partial charge >= 0.3 is 0 Å². The molecular weight excluding hydrogens is 328 g/mol. The molecule has 0 saturated carbocycles. The normalized spacial score (nSPS) is 10.2. The second-order valence-electron chi connectivity index (χ2n) is 6.03. The summed E-state index contributed by atoms with van der Waals surface area (Å²) in [4.78, 5) is 24.2. The van der Waals surface area contributed by atoms with Gasteiger partial charge in [0, 0.05) is 17.8 Å². The molecule has 2 rings (SSSR count). The van der Waals surface area contributed by atoms with Crippen LogP contribution in [0.25, 0.3) is 0 Å². The molecule has 138 valence electrons. The van der Waals surface area contributed by atoms with Gasteiger partial charge in [-0.15, -0.1) is 0 Å². The van der Waals surface area contributed by atoms with Crippen LogP contribution in [0, 0.1) is 0 Å². The fraction of sp³-hybridized carbons (Fsp3) is 0.333. The molecule has 2 aromatic carbocycles. The van der Waals surface area contributed by atoms with E-state index in [0.717, 1.165) is 19.3 Å². The van der Waals surface area contributed by atoms with Crippen molar-refractivity contribution in [1.82, 2.24) is 0 Å². The topological polar surface area (TPSA) is 67.4 Å². The van der Waals surface area contributed by atoms with Gasteiger partial charge in [-0.25, -0.2) is 0 Å². The first-order valence-electron chi connectivity index (χ1n) is 9.07. The van der Waals surface area contributed by atoms with Gasteiger partial charge in [-0.05, 0) is 49.2 Å². The molecule has 0 bridgehead atoms. The molecular formula is C21H26N2O3. The van der Waals surface area contributed by atoms with Crippen LogP contribution in [0.3, 0.4) is 0 Å². The average Bonchev–Trinajstić information content (AvgIpc) is 2.64. The Morgan fingerprint density at radius 1 is 0.885 bits per heavy atom. The molecule has 5 heteroatoms. The molecule has 0 radical (unpaired) electrons. The average molecular weight is 354 g/mol. The molecule has 2 aromatic rings. The number of carbonyl (C=O) groups excluding carboxylic acids is 2. The molecule has 0 unspecified atom stereocenters. The summed E-state index contributed by atoms with van der Waals surface area (Å²) < 4.78 is 5.71. The standard InChI is InChI=1S/C21H26N2O3/c1-3-5-15-26-19-10-7-6-9-18(19)21(25)23-17-13-11-16(12-14-17)22-20(24)8-4-2/h6-7,9-14H,3-5,8,15H2,1-2H3,(H,22,24)(H,23,25). The van der Waals surface area contributed by atoms with Gasteiger partial charge in [-0.3, -0.25) is 9.59 Å². The fourth-order valence-electron chi connectivity index (χ4n) is 2.39. The fourth-order valence-corrected chi connectivity index (χ4v) is 2.39. The molecule has 2 amide bonds. The van der Waals surface area contributed by atoms with E-state index in [4.69, 9.17) is 4.74 Å². The number of para-hydroxylation sites is 1. The largest absolute Gasteiger partial charge is 0.493 e. The number of hydrogen-bond acceptors (Lipinski definition) is 3. The van der Waals surface area contributed by atoms with Crippen molar-refractivity contribution in [2.24, 2.45) is 0 Å². The Hall–Kier alpha value is -2.82. The molecule has 0 saturated heterocycles. The van der Waals surface area contributed by atoms with Gasteiger partial charge < -0.3 is 15.4 Å². The van der Waals surface area contributed by atoms with Gasteiger partial charge in [-0.2, -0.15) is 0 Å². The number of benzene rings is 2. The van der Waals surface area contributed by atoms with Crippen LogP contribution in [0.5, 0.6) is 5.75 Å². The molecule has 2 N–H and O–H groups in total. The van der Waals surface area contributed by atoms with Crippen LogP contribution < -0.4 is 15.4 Å². The number of carbonyl (C=O) groups is 2. The van der Waals surface area contributed by atoms with Crippen LogP contribution in [0.4, 0.5) is 11.4 Å². The van der Waals surface area contributed by atoms with Crippen LogP contribution in [0.15, 0.2) is 48.5 Å². The van der Waals surface area contributed by atoms with E-state index in [1.807, 2.05) is 19.1 Å². The quantitative estimate of drug-likeness (QED) is 0.632. The Bertz CT molecular complexity index is 726. The highest BCUT2D eigenvalue weighted by molar-refractivity contribution is 6.06. The van der Waals surface area contributed by atoms with E-state index in [2.05, 4.69) is 17.6 Å². The molecule has 26 heavy (non-hydrogen) atoms. The Labute approximate surface area is 154 Å². The number of rotatable bonds is 9. The van der Waals surface area contributed by atoms with E-state index < -0.39 is 0 Å². The number of unbranched alkanes of at least 4 members (excludes halogenated alkanes) is 1. The molecule has 5 nitrogen and oxygen atoms in total. The van der Waals surface area contributed by atoms with Crippen molar-refractivity contribution in [2.45, 2.75) is 39.5 Å². The van der Waals surface area contributed by atoms with Crippen LogP contribution in [-0.4, -0.2) is 18.4 Å². The van der Waals surface area contributed by atoms with Gasteiger partial charge in [-0.1, -0.05) is 32.4 Å². The minimum atomic E-state index is -0.222. The lowest BCUT2D eigenvalue weighted by Crippen LogP contribution is -2.14. The summed E-state index contributed by atoms with van der Waals surface area (Å²) in [6.07, 6.45) is 3.28. The van der Waals surface area contributed by atoms with Crippen molar-refractivity contribution >= 4 is 23.2 Å². The van der Waals surface area contributed by atoms with Crippen molar-refractivity contribution in [3.8, 4) is 5.75 Å². The smallest absolute Gasteiger partial charge is 0.259 e. The maximum atomic E-state index is 12.6. The molecule has 0 aromatic heterocycles. The van der Waals surface area contributed by atoms with E-state index in [0.29, 0.717) is 35.7 Å². The van der Waals surface area contributed by atoms with Crippen LogP contribution in [0.1, 0.15) is 49.9 Å². The summed E-state index contributed by atoms with van der Waals surface area (Å²) in [5, 5.41) is 5.68. The zero-order valence-corrected chi connectivity index (χ0v) is 15.4. The lowest BCUT2D eigenvalue weighted by atomic mass is 10.1. The maximum absolute atomic E-state index is 12.6. The van der Waals surface area contributed by atoms with E-state index in [1.165, 1.54) is 0 Å². The van der Waals surface area contributed by atoms with Gasteiger partial charge in [0.15, 0.2) is 0 Å². The van der Waals surface area contributed by atoms with E-state index in [9.17, 15) is 9.59 Å². The second-order valence-corrected chi connectivity index (χ2v) is 6.03. The molecule has 0 aliphatic carbocycles. The Morgan fingerprint density at radius 3 is 2.19 bits per heavy atom. The summed E-state index contributed by atoms with van der Waals surface area (Å²) in [5.41, 5.74) is 1.88. The molecule has 0 atom stereocenters. The molecule has 0 aliphatic heterocycles. The molecule has 0 aliphatic rings. The highest BCUT2D eigenvalue weighted by atomic mass is 16.5. The molecule has 0 fully saturated rings. The third-order valence-corrected chi connectivity index (χ3v) is 3.79. The van der Waals surface area contributed by atoms with Crippen molar-refractivity contribution in [3.05, 3.63) is 54.1 Å². The van der Waals surface area contributed by atoms with Crippen LogP contribution in [-0.2, 0) is 4.79 Å². The summed E-state index contributed by atoms with van der Waals surface area (Å²) in [6, 6.07) is 14.3. The molecule has 0 spiro atoms. The van der Waals surface area contributed by atoms with Crippen molar-refractivity contribution in [1.29, 1.82) is 0 Å². The van der Waals surface area contributed by atoms with Gasteiger partial charge in [0.2, 0.25) is 5.91 Å². The SMILES string of the molecule is CCCCOc1ccccc1C(=O)Nc1ccc(NC(=O)CCC)cc1. The van der Waals surface area contributed by atoms with Crippen molar-refractivity contribution in [3.63, 3.8) is 0 Å². The number of nitrogens with one attached hydrogen (secondary N) is 2. The van der Waals surface area contributed by atoms with Crippen LogP contribution in [0.2, 0.25) is 0 Å². The zero-order valence-electron chi connectivity index (χ0n) is 15.4. The lowest BCUT2D eigenvalue weighted by Gasteiger charge is -2.12. The molecule has 0 heterocycles. The summed E-state index contributed by atoms with van der Waals surface area (Å²) in [6.45, 7) is 4.64. The van der Waals surface area contributed by atoms with Crippen molar-refractivity contribution in [2.75, 3.05) is 17.2 Å². The minimum Gasteiger partial charge on any atom is -0.493 e. The monoisotopic (exact) mass is 354 g/mol.